The fourth-order valence-corrected chi connectivity index (χ4v) is 5.71. The highest BCUT2D eigenvalue weighted by molar-refractivity contribution is 7.89. The molecule has 3 rings (SSSR count). The number of carbonyl (C=O) groups excluding carboxylic acids is 1. The molecule has 0 aromatic heterocycles. The molecular formula is C24H32N2O3S. The highest BCUT2D eigenvalue weighted by atomic mass is 32.2. The van der Waals surface area contributed by atoms with Gasteiger partial charge in [-0.05, 0) is 56.7 Å². The predicted molar refractivity (Wildman–Crippen MR) is 120 cm³/mol. The molecule has 1 atom stereocenters. The smallest absolute Gasteiger partial charge is 0.243 e. The summed E-state index contributed by atoms with van der Waals surface area (Å²) >= 11 is 0. The molecule has 6 heteroatoms. The third kappa shape index (κ3) is 6.16. The fourth-order valence-electron chi connectivity index (χ4n) is 3.99. The van der Waals surface area contributed by atoms with E-state index in [1.54, 1.807) is 16.4 Å². The minimum atomic E-state index is -3.50. The van der Waals surface area contributed by atoms with Gasteiger partial charge < -0.3 is 5.32 Å². The Bertz CT molecular complexity index is 911. The molecule has 1 fully saturated rings. The third-order valence-electron chi connectivity index (χ3n) is 5.71. The first-order valence-corrected chi connectivity index (χ1v) is 12.3. The van der Waals surface area contributed by atoms with Crippen LogP contribution in [-0.2, 0) is 21.2 Å². The van der Waals surface area contributed by atoms with Crippen LogP contribution in [0.1, 0.15) is 49.7 Å². The van der Waals surface area contributed by atoms with E-state index in [4.69, 9.17) is 0 Å². The van der Waals surface area contributed by atoms with Crippen molar-refractivity contribution >= 4 is 15.9 Å². The second-order valence-corrected chi connectivity index (χ2v) is 9.95. The van der Waals surface area contributed by atoms with Gasteiger partial charge in [0.15, 0.2) is 0 Å². The van der Waals surface area contributed by atoms with Gasteiger partial charge in [-0.2, -0.15) is 4.31 Å². The lowest BCUT2D eigenvalue weighted by molar-refractivity contribution is -0.121. The molecule has 1 amide bonds. The first kappa shape index (κ1) is 22.5. The Balaban J connectivity index is 1.48. The van der Waals surface area contributed by atoms with Gasteiger partial charge in [-0.25, -0.2) is 8.42 Å². The largest absolute Gasteiger partial charge is 0.356 e. The van der Waals surface area contributed by atoms with Gasteiger partial charge in [0.1, 0.15) is 0 Å². The molecule has 0 bridgehead atoms. The number of hydrogen-bond donors (Lipinski definition) is 1. The number of nitrogens with one attached hydrogen (secondary N) is 1. The summed E-state index contributed by atoms with van der Waals surface area (Å²) in [5.41, 5.74) is 2.28. The van der Waals surface area contributed by atoms with Gasteiger partial charge in [-0.3, -0.25) is 4.79 Å². The Labute approximate surface area is 180 Å². The van der Waals surface area contributed by atoms with E-state index in [1.807, 2.05) is 37.3 Å². The van der Waals surface area contributed by atoms with E-state index in [0.717, 1.165) is 37.7 Å². The second kappa shape index (κ2) is 10.7. The lowest BCUT2D eigenvalue weighted by Gasteiger charge is -2.34. The summed E-state index contributed by atoms with van der Waals surface area (Å²) < 4.78 is 27.9. The molecule has 1 unspecified atom stereocenters. The third-order valence-corrected chi connectivity index (χ3v) is 7.68. The number of amides is 1. The van der Waals surface area contributed by atoms with Crippen LogP contribution in [0.5, 0.6) is 0 Å². The van der Waals surface area contributed by atoms with Crippen molar-refractivity contribution in [2.75, 3.05) is 13.1 Å². The highest BCUT2D eigenvalue weighted by Crippen LogP contribution is 2.27. The van der Waals surface area contributed by atoms with Gasteiger partial charge in [-0.1, -0.05) is 54.4 Å². The first-order valence-electron chi connectivity index (χ1n) is 10.9. The van der Waals surface area contributed by atoms with Crippen molar-refractivity contribution in [3.05, 3.63) is 65.7 Å². The lowest BCUT2D eigenvalue weighted by atomic mass is 10.0. The number of rotatable bonds is 9. The van der Waals surface area contributed by atoms with E-state index in [0.29, 0.717) is 30.8 Å². The Hall–Kier alpha value is -2.18. The van der Waals surface area contributed by atoms with Gasteiger partial charge in [0.05, 0.1) is 4.90 Å². The summed E-state index contributed by atoms with van der Waals surface area (Å²) in [6.07, 6.45) is 5.59. The zero-order valence-electron chi connectivity index (χ0n) is 17.7. The summed E-state index contributed by atoms with van der Waals surface area (Å²) in [7, 11) is -3.50. The molecule has 0 aliphatic carbocycles. The van der Waals surface area contributed by atoms with Crippen LogP contribution in [0.4, 0.5) is 0 Å². The average Bonchev–Trinajstić information content (AvgIpc) is 2.75. The van der Waals surface area contributed by atoms with E-state index in [2.05, 4.69) is 17.4 Å². The Kier molecular flexibility index (Phi) is 8.05. The van der Waals surface area contributed by atoms with Crippen LogP contribution < -0.4 is 5.32 Å². The zero-order chi connectivity index (χ0) is 21.4. The van der Waals surface area contributed by atoms with Crippen molar-refractivity contribution < 1.29 is 13.2 Å². The topological polar surface area (TPSA) is 66.5 Å². The van der Waals surface area contributed by atoms with Crippen LogP contribution >= 0.6 is 0 Å². The molecule has 2 aromatic carbocycles. The number of piperidine rings is 1. The predicted octanol–water partition coefficient (Wildman–Crippen LogP) is 4.07. The van der Waals surface area contributed by atoms with Crippen LogP contribution in [0.3, 0.4) is 0 Å². The van der Waals surface area contributed by atoms with E-state index in [-0.39, 0.29) is 11.9 Å². The van der Waals surface area contributed by atoms with Gasteiger partial charge in [-0.15, -0.1) is 0 Å². The standard InChI is InChI=1S/C24H32N2O3S/c1-20-13-15-23(16-14-20)30(28,29)26-19-6-5-11-22(26)17-18-25-24(27)12-7-10-21-8-3-2-4-9-21/h2-4,8-9,13-16,22H,5-7,10-12,17-19H2,1H3,(H,25,27). The van der Waals surface area contributed by atoms with Gasteiger partial charge in [0.25, 0.3) is 0 Å². The minimum absolute atomic E-state index is 0.0367. The molecule has 1 heterocycles. The molecule has 0 spiro atoms. The molecule has 30 heavy (non-hydrogen) atoms. The van der Waals surface area contributed by atoms with Gasteiger partial charge in [0.2, 0.25) is 15.9 Å². The summed E-state index contributed by atoms with van der Waals surface area (Å²) in [4.78, 5) is 12.5. The Morgan fingerprint density at radius 1 is 1.07 bits per heavy atom. The average molecular weight is 429 g/mol. The number of nitrogens with zero attached hydrogens (tertiary/aromatic N) is 1. The molecular weight excluding hydrogens is 396 g/mol. The molecule has 1 saturated heterocycles. The number of benzene rings is 2. The summed E-state index contributed by atoms with van der Waals surface area (Å²) in [6, 6.07) is 17.1. The van der Waals surface area contributed by atoms with E-state index in [1.165, 1.54) is 5.56 Å². The first-order chi connectivity index (χ1) is 14.5. The number of sulfonamides is 1. The monoisotopic (exact) mass is 428 g/mol. The van der Waals surface area contributed by atoms with Crippen LogP contribution in [0.25, 0.3) is 0 Å². The normalized spacial score (nSPS) is 17.6. The molecule has 0 radical (unpaired) electrons. The SMILES string of the molecule is Cc1ccc(S(=O)(=O)N2CCCCC2CCNC(=O)CCCc2ccccc2)cc1. The Morgan fingerprint density at radius 2 is 1.80 bits per heavy atom. The van der Waals surface area contributed by atoms with Crippen molar-refractivity contribution in [2.24, 2.45) is 0 Å². The lowest BCUT2D eigenvalue weighted by Crippen LogP contribution is -2.45. The van der Waals surface area contributed by atoms with E-state index < -0.39 is 10.0 Å². The summed E-state index contributed by atoms with van der Waals surface area (Å²) in [6.45, 7) is 3.00. The number of hydrogen-bond acceptors (Lipinski definition) is 3. The zero-order valence-corrected chi connectivity index (χ0v) is 18.5. The van der Waals surface area contributed by atoms with Crippen molar-refractivity contribution in [1.29, 1.82) is 0 Å². The number of aryl methyl sites for hydroxylation is 2. The maximum absolute atomic E-state index is 13.1. The fraction of sp³-hybridized carbons (Fsp3) is 0.458. The summed E-state index contributed by atoms with van der Waals surface area (Å²) in [5, 5.41) is 2.98. The maximum Gasteiger partial charge on any atom is 0.243 e. The van der Waals surface area contributed by atoms with Gasteiger partial charge in [0, 0.05) is 25.6 Å². The molecule has 0 saturated carbocycles. The van der Waals surface area contributed by atoms with E-state index >= 15 is 0 Å². The molecule has 162 valence electrons. The number of carbonyl (C=O) groups is 1. The molecule has 5 nitrogen and oxygen atoms in total. The Morgan fingerprint density at radius 3 is 2.53 bits per heavy atom. The van der Waals surface area contributed by atoms with Gasteiger partial charge >= 0.3 is 0 Å². The highest BCUT2D eigenvalue weighted by Gasteiger charge is 2.33. The molecule has 2 aromatic rings. The van der Waals surface area contributed by atoms with E-state index in [9.17, 15) is 13.2 Å². The molecule has 1 aliphatic rings. The van der Waals surface area contributed by atoms with Crippen molar-refractivity contribution in [2.45, 2.75) is 62.8 Å². The van der Waals surface area contributed by atoms with Crippen molar-refractivity contribution in [3.8, 4) is 0 Å². The van der Waals surface area contributed by atoms with Crippen molar-refractivity contribution in [1.82, 2.24) is 9.62 Å². The van der Waals surface area contributed by atoms with Crippen LogP contribution in [0, 0.1) is 6.92 Å². The second-order valence-electron chi connectivity index (χ2n) is 8.06. The summed E-state index contributed by atoms with van der Waals surface area (Å²) in [5.74, 6) is 0.0367. The van der Waals surface area contributed by atoms with Crippen LogP contribution in [0.2, 0.25) is 0 Å². The van der Waals surface area contributed by atoms with Crippen molar-refractivity contribution in [3.63, 3.8) is 0 Å². The maximum atomic E-state index is 13.1. The minimum Gasteiger partial charge on any atom is -0.356 e. The quantitative estimate of drug-likeness (QED) is 0.655. The van der Waals surface area contributed by atoms with Crippen LogP contribution in [0.15, 0.2) is 59.5 Å². The molecule has 1 N–H and O–H groups in total. The molecule has 1 aliphatic heterocycles. The van der Waals surface area contributed by atoms with Crippen LogP contribution in [-0.4, -0.2) is 37.8 Å².